The minimum Gasteiger partial charge on any atom is -0.459 e. The van der Waals surface area contributed by atoms with E-state index >= 15 is 0 Å². The van der Waals surface area contributed by atoms with Crippen molar-refractivity contribution in [1.29, 1.82) is 0 Å². The van der Waals surface area contributed by atoms with Gasteiger partial charge in [-0.2, -0.15) is 0 Å². The Bertz CT molecular complexity index is 741. The molecule has 0 N–H and O–H groups in total. The van der Waals surface area contributed by atoms with Crippen LogP contribution in [0.2, 0.25) is 0 Å². The number of carbonyl (C=O) groups excluding carboxylic acids is 2. The van der Waals surface area contributed by atoms with Crippen molar-refractivity contribution in [1.82, 2.24) is 9.80 Å². The normalized spacial score (nSPS) is 15.2. The highest BCUT2D eigenvalue weighted by atomic mass is 32.2. The Morgan fingerprint density at radius 2 is 1.62 bits per heavy atom. The molecule has 1 aromatic carbocycles. The monoisotopic (exact) mass is 372 g/mol. The molecule has 5 nitrogen and oxygen atoms in total. The number of carbonyl (C=O) groups is 2. The molecule has 0 saturated carbocycles. The Hall–Kier alpha value is -2.21. The van der Waals surface area contributed by atoms with Gasteiger partial charge in [-0.1, -0.05) is 13.8 Å². The average molecular weight is 372 g/mol. The largest absolute Gasteiger partial charge is 0.459 e. The summed E-state index contributed by atoms with van der Waals surface area (Å²) in [5, 5.41) is 0.514. The van der Waals surface area contributed by atoms with E-state index in [1.807, 2.05) is 29.2 Å². The molecule has 6 heteroatoms. The van der Waals surface area contributed by atoms with Crippen molar-refractivity contribution in [3.8, 4) is 0 Å². The number of benzene rings is 1. The van der Waals surface area contributed by atoms with E-state index in [2.05, 4.69) is 13.8 Å². The predicted octanol–water partition coefficient (Wildman–Crippen LogP) is 3.77. The quantitative estimate of drug-likeness (QED) is 0.767. The van der Waals surface area contributed by atoms with Gasteiger partial charge in [-0.3, -0.25) is 9.59 Å². The maximum atomic E-state index is 12.8. The van der Waals surface area contributed by atoms with Crippen molar-refractivity contribution in [2.24, 2.45) is 0 Å². The fourth-order valence-corrected chi connectivity index (χ4v) is 3.85. The molecule has 2 amide bonds. The second-order valence-electron chi connectivity index (χ2n) is 6.61. The van der Waals surface area contributed by atoms with Crippen LogP contribution in [0.3, 0.4) is 0 Å². The van der Waals surface area contributed by atoms with E-state index in [9.17, 15) is 9.59 Å². The second kappa shape index (κ2) is 8.45. The first kappa shape index (κ1) is 18.6. The zero-order valence-electron chi connectivity index (χ0n) is 15.2. The van der Waals surface area contributed by atoms with Crippen LogP contribution in [0.15, 0.2) is 52.0 Å². The molecule has 0 unspecified atom stereocenters. The van der Waals surface area contributed by atoms with Crippen LogP contribution in [0.25, 0.3) is 0 Å². The number of amides is 2. The van der Waals surface area contributed by atoms with E-state index in [4.69, 9.17) is 4.42 Å². The van der Waals surface area contributed by atoms with Gasteiger partial charge in [-0.15, -0.1) is 11.8 Å². The SMILES string of the molecule is CC(C)Sc1ccc(C(=O)N2CCCN(C(=O)c3ccco3)CC2)cc1. The minimum absolute atomic E-state index is 0.0263. The third-order valence-electron chi connectivity index (χ3n) is 4.28. The molecule has 1 fully saturated rings. The van der Waals surface area contributed by atoms with Gasteiger partial charge in [0, 0.05) is 41.9 Å². The highest BCUT2D eigenvalue weighted by molar-refractivity contribution is 7.99. The molecule has 0 radical (unpaired) electrons. The van der Waals surface area contributed by atoms with E-state index in [-0.39, 0.29) is 11.8 Å². The number of nitrogens with zero attached hydrogens (tertiary/aromatic N) is 2. The molecule has 1 aliphatic rings. The van der Waals surface area contributed by atoms with E-state index in [1.54, 1.807) is 28.8 Å². The molecule has 0 bridgehead atoms. The zero-order chi connectivity index (χ0) is 18.5. The van der Waals surface area contributed by atoms with E-state index in [0.29, 0.717) is 42.8 Å². The van der Waals surface area contributed by atoms with Gasteiger partial charge in [0.05, 0.1) is 6.26 Å². The van der Waals surface area contributed by atoms with Crippen molar-refractivity contribution >= 4 is 23.6 Å². The Kier molecular flexibility index (Phi) is 6.04. The van der Waals surface area contributed by atoms with Crippen LogP contribution >= 0.6 is 11.8 Å². The summed E-state index contributed by atoms with van der Waals surface area (Å²) in [6.07, 6.45) is 2.27. The lowest BCUT2D eigenvalue weighted by atomic mass is 10.2. The van der Waals surface area contributed by atoms with Gasteiger partial charge in [0.15, 0.2) is 5.76 Å². The van der Waals surface area contributed by atoms with Crippen molar-refractivity contribution in [2.75, 3.05) is 26.2 Å². The van der Waals surface area contributed by atoms with Gasteiger partial charge in [0.1, 0.15) is 0 Å². The molecule has 0 atom stereocenters. The van der Waals surface area contributed by atoms with Gasteiger partial charge in [-0.25, -0.2) is 0 Å². The zero-order valence-corrected chi connectivity index (χ0v) is 16.0. The molecule has 1 aliphatic heterocycles. The summed E-state index contributed by atoms with van der Waals surface area (Å²) in [5.74, 6) is 0.265. The fraction of sp³-hybridized carbons (Fsp3) is 0.400. The van der Waals surface area contributed by atoms with Crippen LogP contribution < -0.4 is 0 Å². The maximum Gasteiger partial charge on any atom is 0.289 e. The molecule has 1 aromatic heterocycles. The highest BCUT2D eigenvalue weighted by Gasteiger charge is 2.24. The molecule has 1 saturated heterocycles. The van der Waals surface area contributed by atoms with Gasteiger partial charge in [0.25, 0.3) is 11.8 Å². The van der Waals surface area contributed by atoms with Crippen LogP contribution in [0.1, 0.15) is 41.2 Å². The molecule has 3 rings (SSSR count). The number of furan rings is 1. The van der Waals surface area contributed by atoms with Gasteiger partial charge >= 0.3 is 0 Å². The lowest BCUT2D eigenvalue weighted by Gasteiger charge is -2.22. The minimum atomic E-state index is -0.112. The molecular weight excluding hydrogens is 348 g/mol. The standard InChI is InChI=1S/C20H24N2O3S/c1-15(2)26-17-8-6-16(7-9-17)19(23)21-10-4-11-22(13-12-21)20(24)18-5-3-14-25-18/h3,5-9,14-15H,4,10-13H2,1-2H3. The van der Waals surface area contributed by atoms with Gasteiger partial charge in [-0.05, 0) is 42.8 Å². The molecule has 0 aliphatic carbocycles. The Morgan fingerprint density at radius 1 is 0.962 bits per heavy atom. The first-order chi connectivity index (χ1) is 12.5. The summed E-state index contributed by atoms with van der Waals surface area (Å²) in [5.41, 5.74) is 0.698. The van der Waals surface area contributed by atoms with Gasteiger partial charge in [0.2, 0.25) is 0 Å². The number of rotatable bonds is 4. The van der Waals surface area contributed by atoms with Crippen molar-refractivity contribution in [3.63, 3.8) is 0 Å². The van der Waals surface area contributed by atoms with Crippen molar-refractivity contribution in [3.05, 3.63) is 54.0 Å². The number of hydrogen-bond donors (Lipinski definition) is 0. The van der Waals surface area contributed by atoms with Crippen molar-refractivity contribution < 1.29 is 14.0 Å². The summed E-state index contributed by atoms with van der Waals surface area (Å²) >= 11 is 1.78. The van der Waals surface area contributed by atoms with Crippen molar-refractivity contribution in [2.45, 2.75) is 30.4 Å². The molecule has 2 heterocycles. The molecular formula is C20H24N2O3S. The Morgan fingerprint density at radius 3 is 2.19 bits per heavy atom. The first-order valence-corrected chi connectivity index (χ1v) is 9.81. The summed E-state index contributed by atoms with van der Waals surface area (Å²) in [7, 11) is 0. The predicted molar refractivity (Wildman–Crippen MR) is 103 cm³/mol. The van der Waals surface area contributed by atoms with Crippen LogP contribution in [0.5, 0.6) is 0 Å². The first-order valence-electron chi connectivity index (χ1n) is 8.93. The Labute approximate surface area is 158 Å². The smallest absolute Gasteiger partial charge is 0.289 e. The molecule has 26 heavy (non-hydrogen) atoms. The van der Waals surface area contributed by atoms with Gasteiger partial charge < -0.3 is 14.2 Å². The third kappa shape index (κ3) is 4.49. The van der Waals surface area contributed by atoms with Crippen LogP contribution in [-0.4, -0.2) is 53.0 Å². The average Bonchev–Trinajstić information content (AvgIpc) is 3.05. The highest BCUT2D eigenvalue weighted by Crippen LogP contribution is 2.23. The van der Waals surface area contributed by atoms with Crippen LogP contribution in [-0.2, 0) is 0 Å². The summed E-state index contributed by atoms with van der Waals surface area (Å²) < 4.78 is 5.20. The lowest BCUT2D eigenvalue weighted by molar-refractivity contribution is 0.0700. The van der Waals surface area contributed by atoms with E-state index < -0.39 is 0 Å². The maximum absolute atomic E-state index is 12.8. The summed E-state index contributed by atoms with van der Waals surface area (Å²) in [6, 6.07) is 11.2. The molecule has 0 spiro atoms. The molecule has 138 valence electrons. The topological polar surface area (TPSA) is 53.8 Å². The number of hydrogen-bond acceptors (Lipinski definition) is 4. The van der Waals surface area contributed by atoms with E-state index in [0.717, 1.165) is 6.42 Å². The Balaban J connectivity index is 1.61. The summed E-state index contributed by atoms with van der Waals surface area (Å²) in [4.78, 5) is 30.0. The molecule has 2 aromatic rings. The van der Waals surface area contributed by atoms with Crippen LogP contribution in [0.4, 0.5) is 0 Å². The van der Waals surface area contributed by atoms with Crippen LogP contribution in [0, 0.1) is 0 Å². The fourth-order valence-electron chi connectivity index (χ4n) is 3.01. The lowest BCUT2D eigenvalue weighted by Crippen LogP contribution is -2.37. The number of thioether (sulfide) groups is 1. The van der Waals surface area contributed by atoms with E-state index in [1.165, 1.54) is 11.2 Å². The second-order valence-corrected chi connectivity index (χ2v) is 8.26. The summed E-state index contributed by atoms with van der Waals surface area (Å²) in [6.45, 7) is 6.64. The third-order valence-corrected chi connectivity index (χ3v) is 5.29.